The lowest BCUT2D eigenvalue weighted by atomic mass is 9.45. The lowest BCUT2D eigenvalue weighted by molar-refractivity contribution is -0.152. The van der Waals surface area contributed by atoms with Crippen molar-refractivity contribution in [1.82, 2.24) is 0 Å². The Bertz CT molecular complexity index is 449. The maximum Gasteiger partial charge on any atom is 0.0793 e. The predicted molar refractivity (Wildman–Crippen MR) is 89.3 cm³/mol. The first kappa shape index (κ1) is 15.6. The lowest BCUT2D eigenvalue weighted by Gasteiger charge is -2.60. The molecule has 2 saturated carbocycles. The molecule has 1 saturated heterocycles. The third-order valence-corrected chi connectivity index (χ3v) is 7.56. The van der Waals surface area contributed by atoms with Crippen LogP contribution in [0.1, 0.15) is 80.1 Å². The van der Waals surface area contributed by atoms with Gasteiger partial charge in [-0.3, -0.25) is 0 Å². The van der Waals surface area contributed by atoms with Gasteiger partial charge in [0, 0.05) is 0 Å². The highest BCUT2D eigenvalue weighted by atomic mass is 16.5. The molecule has 1 nitrogen and oxygen atoms in total. The van der Waals surface area contributed by atoms with Crippen LogP contribution in [0.5, 0.6) is 0 Å². The van der Waals surface area contributed by atoms with Crippen LogP contribution < -0.4 is 0 Å². The Morgan fingerprint density at radius 3 is 2.43 bits per heavy atom. The summed E-state index contributed by atoms with van der Waals surface area (Å²) in [7, 11) is 0. The highest BCUT2D eigenvalue weighted by Gasteiger charge is 2.61. The van der Waals surface area contributed by atoms with Crippen molar-refractivity contribution in [2.24, 2.45) is 22.7 Å². The summed E-state index contributed by atoms with van der Waals surface area (Å²) in [5.74, 6) is 1.62. The Hall–Kier alpha value is -0.300. The first-order chi connectivity index (χ1) is 9.73. The van der Waals surface area contributed by atoms with Crippen LogP contribution in [0.25, 0.3) is 0 Å². The minimum absolute atomic E-state index is 0.119. The van der Waals surface area contributed by atoms with E-state index in [4.69, 9.17) is 4.74 Å². The quantitative estimate of drug-likeness (QED) is 0.559. The molecule has 0 aromatic heterocycles. The third kappa shape index (κ3) is 2.22. The topological polar surface area (TPSA) is 9.23 Å². The van der Waals surface area contributed by atoms with Gasteiger partial charge in [0.2, 0.25) is 0 Å². The molecule has 21 heavy (non-hydrogen) atoms. The Balaban J connectivity index is 1.94. The van der Waals surface area contributed by atoms with Crippen molar-refractivity contribution in [3.05, 3.63) is 11.6 Å². The third-order valence-electron chi connectivity index (χ3n) is 7.56. The zero-order chi connectivity index (χ0) is 15.5. The zero-order valence-electron chi connectivity index (χ0n) is 15.0. The largest absolute Gasteiger partial charge is 0.367 e. The molecule has 0 aromatic carbocycles. The molecular weight excluding hydrogens is 256 g/mol. The minimum atomic E-state index is 0.119. The molecule has 3 rings (SSSR count). The second kappa shape index (κ2) is 4.85. The summed E-state index contributed by atoms with van der Waals surface area (Å²) in [5.41, 5.74) is 2.55. The summed E-state index contributed by atoms with van der Waals surface area (Å²) in [6, 6.07) is 0. The van der Waals surface area contributed by atoms with E-state index in [1.54, 1.807) is 0 Å². The smallest absolute Gasteiger partial charge is 0.0793 e. The van der Waals surface area contributed by atoms with Gasteiger partial charge < -0.3 is 4.74 Å². The summed E-state index contributed by atoms with van der Waals surface area (Å²) in [5, 5.41) is 0. The summed E-state index contributed by atoms with van der Waals surface area (Å²) < 4.78 is 6.62. The van der Waals surface area contributed by atoms with Crippen LogP contribution >= 0.6 is 0 Å². The van der Waals surface area contributed by atoms with Crippen molar-refractivity contribution >= 4 is 0 Å². The van der Waals surface area contributed by atoms with Gasteiger partial charge >= 0.3 is 0 Å². The Labute approximate surface area is 131 Å². The van der Waals surface area contributed by atoms with E-state index in [1.807, 2.05) is 0 Å². The molecule has 0 unspecified atom stereocenters. The van der Waals surface area contributed by atoms with Crippen LogP contribution in [-0.2, 0) is 4.74 Å². The van der Waals surface area contributed by atoms with Gasteiger partial charge in [-0.2, -0.15) is 0 Å². The van der Waals surface area contributed by atoms with Crippen molar-refractivity contribution in [3.63, 3.8) is 0 Å². The standard InChI is InChI=1S/C20H34O/c1-7-14(2)15-13-17-19(5)11-8-10-18(3,4)16(19)9-12-20(17,6)21-15/h7,15-17H,8-13H2,1-6H3/b14-7+/t15-,16+,17-,19+,20-/m1/s1. The van der Waals surface area contributed by atoms with E-state index in [0.29, 0.717) is 16.9 Å². The molecule has 3 aliphatic rings. The average Bonchev–Trinajstić information content (AvgIpc) is 2.76. The van der Waals surface area contributed by atoms with Gasteiger partial charge in [0.25, 0.3) is 0 Å². The van der Waals surface area contributed by atoms with Gasteiger partial charge in [-0.1, -0.05) is 33.3 Å². The van der Waals surface area contributed by atoms with E-state index >= 15 is 0 Å². The van der Waals surface area contributed by atoms with Gasteiger partial charge in [0.15, 0.2) is 0 Å². The fourth-order valence-electron chi connectivity index (χ4n) is 6.32. The van der Waals surface area contributed by atoms with E-state index in [9.17, 15) is 0 Å². The number of hydrogen-bond donors (Lipinski definition) is 0. The molecule has 1 heterocycles. The first-order valence-electron chi connectivity index (χ1n) is 9.03. The van der Waals surface area contributed by atoms with Crippen molar-refractivity contribution in [3.8, 4) is 0 Å². The molecule has 0 radical (unpaired) electrons. The highest BCUT2D eigenvalue weighted by Crippen LogP contribution is 2.65. The van der Waals surface area contributed by atoms with Crippen LogP contribution in [0.3, 0.4) is 0 Å². The van der Waals surface area contributed by atoms with Crippen molar-refractivity contribution < 1.29 is 4.74 Å². The molecule has 0 N–H and O–H groups in total. The second-order valence-electron chi connectivity index (χ2n) is 9.18. The number of hydrogen-bond acceptors (Lipinski definition) is 1. The Morgan fingerprint density at radius 1 is 1.05 bits per heavy atom. The summed E-state index contributed by atoms with van der Waals surface area (Å²) >= 11 is 0. The minimum Gasteiger partial charge on any atom is -0.367 e. The second-order valence-corrected chi connectivity index (χ2v) is 9.18. The van der Waals surface area contributed by atoms with Crippen LogP contribution in [0, 0.1) is 22.7 Å². The summed E-state index contributed by atoms with van der Waals surface area (Å²) in [4.78, 5) is 0. The zero-order valence-corrected chi connectivity index (χ0v) is 15.0. The van der Waals surface area contributed by atoms with E-state index in [0.717, 1.165) is 11.8 Å². The maximum absolute atomic E-state index is 6.62. The van der Waals surface area contributed by atoms with E-state index < -0.39 is 0 Å². The molecule has 2 aliphatic carbocycles. The molecule has 1 heteroatoms. The molecular formula is C20H34O. The molecule has 0 aromatic rings. The SMILES string of the molecule is C/C=C(\C)[C@H]1C[C@@H]2[C@@]3(C)CCCC(C)(C)[C@@H]3CC[C@@]2(C)O1. The van der Waals surface area contributed by atoms with Crippen LogP contribution in [0.2, 0.25) is 0 Å². The van der Waals surface area contributed by atoms with Crippen LogP contribution in [-0.4, -0.2) is 11.7 Å². The monoisotopic (exact) mass is 290 g/mol. The van der Waals surface area contributed by atoms with E-state index in [1.165, 1.54) is 44.1 Å². The fraction of sp³-hybridized carbons (Fsp3) is 0.900. The van der Waals surface area contributed by atoms with Gasteiger partial charge in [-0.25, -0.2) is 0 Å². The maximum atomic E-state index is 6.62. The number of fused-ring (bicyclic) bond motifs is 3. The molecule has 5 atom stereocenters. The first-order valence-corrected chi connectivity index (χ1v) is 9.03. The summed E-state index contributed by atoms with van der Waals surface area (Å²) in [6.07, 6.45) is 10.7. The predicted octanol–water partition coefficient (Wildman–Crippen LogP) is 5.74. The van der Waals surface area contributed by atoms with Crippen LogP contribution in [0.15, 0.2) is 11.6 Å². The molecule has 0 amide bonds. The summed E-state index contributed by atoms with van der Waals surface area (Å²) in [6.45, 7) is 14.4. The highest BCUT2D eigenvalue weighted by molar-refractivity contribution is 5.16. The number of allylic oxidation sites excluding steroid dienone is 1. The lowest BCUT2D eigenvalue weighted by Crippen LogP contribution is -2.55. The normalized spacial score (nSPS) is 49.6. The molecule has 0 bridgehead atoms. The molecule has 120 valence electrons. The number of ether oxygens (including phenoxy) is 1. The Morgan fingerprint density at radius 2 is 1.76 bits per heavy atom. The van der Waals surface area contributed by atoms with Crippen molar-refractivity contribution in [2.75, 3.05) is 0 Å². The average molecular weight is 290 g/mol. The van der Waals surface area contributed by atoms with Gasteiger partial charge in [-0.15, -0.1) is 0 Å². The molecule has 1 aliphatic heterocycles. The van der Waals surface area contributed by atoms with Gasteiger partial charge in [0.05, 0.1) is 11.7 Å². The Kier molecular flexibility index (Phi) is 3.60. The van der Waals surface area contributed by atoms with E-state index in [2.05, 4.69) is 47.6 Å². The van der Waals surface area contributed by atoms with Crippen molar-refractivity contribution in [1.29, 1.82) is 0 Å². The van der Waals surface area contributed by atoms with Gasteiger partial charge in [-0.05, 0) is 81.1 Å². The van der Waals surface area contributed by atoms with Crippen molar-refractivity contribution in [2.45, 2.75) is 91.8 Å². The van der Waals surface area contributed by atoms with Crippen LogP contribution in [0.4, 0.5) is 0 Å². The van der Waals surface area contributed by atoms with Gasteiger partial charge in [0.1, 0.15) is 0 Å². The molecule has 0 spiro atoms. The number of rotatable bonds is 1. The fourth-order valence-corrected chi connectivity index (χ4v) is 6.32. The molecule has 3 fully saturated rings. The van der Waals surface area contributed by atoms with E-state index in [-0.39, 0.29) is 5.60 Å².